The number of anilines is 2. The SMILES string of the molecule is CCc1ccc(Nc2c(C(=O)N3CCCC3)cnc3nc(C)ccc23)cc1.Cl. The zero-order valence-electron chi connectivity index (χ0n) is 16.2. The summed E-state index contributed by atoms with van der Waals surface area (Å²) in [6.45, 7) is 5.71. The summed E-state index contributed by atoms with van der Waals surface area (Å²) in [7, 11) is 0. The van der Waals surface area contributed by atoms with E-state index in [4.69, 9.17) is 0 Å². The Balaban J connectivity index is 0.00000225. The molecule has 0 radical (unpaired) electrons. The van der Waals surface area contributed by atoms with Gasteiger partial charge in [0, 0.05) is 36.1 Å². The molecule has 0 bridgehead atoms. The Hall–Kier alpha value is -2.66. The van der Waals surface area contributed by atoms with Crippen LogP contribution >= 0.6 is 12.4 Å². The van der Waals surface area contributed by atoms with Crippen LogP contribution in [0.2, 0.25) is 0 Å². The number of fused-ring (bicyclic) bond motifs is 1. The minimum Gasteiger partial charge on any atom is -0.354 e. The van der Waals surface area contributed by atoms with E-state index in [1.807, 2.05) is 24.0 Å². The standard InChI is InChI=1S/C22H24N4O.ClH/c1-3-16-7-9-17(10-8-16)25-20-18-11-6-15(2)24-21(18)23-14-19(20)22(27)26-12-4-5-13-26;/h6-11,14H,3-5,12-13H2,1-2H3,(H,23,24,25);1H. The average molecular weight is 397 g/mol. The fraction of sp³-hybridized carbons (Fsp3) is 0.318. The van der Waals surface area contributed by atoms with E-state index in [0.717, 1.165) is 54.8 Å². The number of nitrogens with one attached hydrogen (secondary N) is 1. The molecule has 0 aliphatic carbocycles. The molecule has 0 saturated carbocycles. The lowest BCUT2D eigenvalue weighted by molar-refractivity contribution is 0.0793. The molecule has 3 heterocycles. The second-order valence-electron chi connectivity index (χ2n) is 7.05. The molecular weight excluding hydrogens is 372 g/mol. The van der Waals surface area contributed by atoms with Gasteiger partial charge in [-0.05, 0) is 56.0 Å². The highest BCUT2D eigenvalue weighted by Crippen LogP contribution is 2.30. The Morgan fingerprint density at radius 1 is 1.11 bits per heavy atom. The van der Waals surface area contributed by atoms with Crippen molar-refractivity contribution in [2.24, 2.45) is 0 Å². The van der Waals surface area contributed by atoms with Crippen molar-refractivity contribution in [3.8, 4) is 0 Å². The van der Waals surface area contributed by atoms with E-state index in [-0.39, 0.29) is 18.3 Å². The highest BCUT2D eigenvalue weighted by Gasteiger charge is 2.24. The normalized spacial score (nSPS) is 13.4. The summed E-state index contributed by atoms with van der Waals surface area (Å²) in [5.74, 6) is 0.0372. The average Bonchev–Trinajstić information content (AvgIpc) is 3.23. The van der Waals surface area contributed by atoms with Gasteiger partial charge in [-0.15, -0.1) is 12.4 Å². The lowest BCUT2D eigenvalue weighted by atomic mass is 10.1. The summed E-state index contributed by atoms with van der Waals surface area (Å²) in [5, 5.41) is 4.33. The van der Waals surface area contributed by atoms with Gasteiger partial charge in [-0.2, -0.15) is 0 Å². The van der Waals surface area contributed by atoms with Gasteiger partial charge in [-0.3, -0.25) is 4.79 Å². The first-order chi connectivity index (χ1) is 13.2. The number of rotatable bonds is 4. The maximum atomic E-state index is 13.1. The van der Waals surface area contributed by atoms with Gasteiger partial charge in [0.25, 0.3) is 5.91 Å². The number of carbonyl (C=O) groups excluding carboxylic acids is 1. The summed E-state index contributed by atoms with van der Waals surface area (Å²) in [5.41, 5.74) is 5.19. The molecule has 1 fully saturated rings. The summed E-state index contributed by atoms with van der Waals surface area (Å²) in [6.07, 6.45) is 4.79. The van der Waals surface area contributed by atoms with Gasteiger partial charge in [0.2, 0.25) is 0 Å². The van der Waals surface area contributed by atoms with E-state index in [2.05, 4.69) is 46.5 Å². The molecule has 28 heavy (non-hydrogen) atoms. The second-order valence-corrected chi connectivity index (χ2v) is 7.05. The van der Waals surface area contributed by atoms with E-state index < -0.39 is 0 Å². The lowest BCUT2D eigenvalue weighted by Crippen LogP contribution is -2.28. The molecule has 1 aromatic carbocycles. The number of hydrogen-bond donors (Lipinski definition) is 1. The lowest BCUT2D eigenvalue weighted by Gasteiger charge is -2.19. The summed E-state index contributed by atoms with van der Waals surface area (Å²) in [6, 6.07) is 12.3. The van der Waals surface area contributed by atoms with Crippen LogP contribution in [-0.2, 0) is 6.42 Å². The molecule has 1 saturated heterocycles. The van der Waals surface area contributed by atoms with Crippen LogP contribution in [0.25, 0.3) is 11.0 Å². The molecule has 2 aromatic heterocycles. The number of hydrogen-bond acceptors (Lipinski definition) is 4. The van der Waals surface area contributed by atoms with Gasteiger partial charge in [-0.1, -0.05) is 19.1 Å². The summed E-state index contributed by atoms with van der Waals surface area (Å²) < 4.78 is 0. The maximum Gasteiger partial charge on any atom is 0.257 e. The van der Waals surface area contributed by atoms with Crippen molar-refractivity contribution >= 4 is 40.7 Å². The second kappa shape index (κ2) is 8.57. The zero-order chi connectivity index (χ0) is 18.8. The molecule has 4 rings (SSSR count). The van der Waals surface area contributed by atoms with E-state index in [9.17, 15) is 4.79 Å². The number of amides is 1. The molecule has 6 heteroatoms. The number of pyridine rings is 2. The van der Waals surface area contributed by atoms with Crippen LogP contribution in [0, 0.1) is 6.92 Å². The zero-order valence-corrected chi connectivity index (χ0v) is 17.1. The van der Waals surface area contributed by atoms with Gasteiger partial charge in [0.15, 0.2) is 5.65 Å². The highest BCUT2D eigenvalue weighted by atomic mass is 35.5. The van der Waals surface area contributed by atoms with Crippen molar-refractivity contribution in [3.63, 3.8) is 0 Å². The van der Waals surface area contributed by atoms with Gasteiger partial charge in [-0.25, -0.2) is 9.97 Å². The molecule has 0 spiro atoms. The molecule has 1 aliphatic rings. The third-order valence-corrected chi connectivity index (χ3v) is 5.12. The number of aromatic nitrogens is 2. The van der Waals surface area contributed by atoms with E-state index in [1.165, 1.54) is 5.56 Å². The van der Waals surface area contributed by atoms with E-state index in [1.54, 1.807) is 6.20 Å². The Morgan fingerprint density at radius 2 is 1.82 bits per heavy atom. The molecule has 1 amide bonds. The third kappa shape index (κ3) is 3.94. The number of carbonyl (C=O) groups is 1. The largest absolute Gasteiger partial charge is 0.354 e. The first kappa shape index (κ1) is 20.1. The number of benzene rings is 1. The molecule has 5 nitrogen and oxygen atoms in total. The maximum absolute atomic E-state index is 13.1. The quantitative estimate of drug-likeness (QED) is 0.681. The van der Waals surface area contributed by atoms with Gasteiger partial charge in [0.1, 0.15) is 0 Å². The molecule has 3 aromatic rings. The van der Waals surface area contributed by atoms with Crippen molar-refractivity contribution in [3.05, 3.63) is 59.4 Å². The predicted molar refractivity (Wildman–Crippen MR) is 116 cm³/mol. The highest BCUT2D eigenvalue weighted by molar-refractivity contribution is 6.07. The number of nitrogens with zero attached hydrogens (tertiary/aromatic N) is 3. The molecule has 0 unspecified atom stereocenters. The van der Waals surface area contributed by atoms with Gasteiger partial charge >= 0.3 is 0 Å². The van der Waals surface area contributed by atoms with Crippen molar-refractivity contribution in [2.45, 2.75) is 33.1 Å². The topological polar surface area (TPSA) is 58.1 Å². The smallest absolute Gasteiger partial charge is 0.257 e. The molecule has 146 valence electrons. The molecule has 1 N–H and O–H groups in total. The Bertz CT molecular complexity index is 982. The Labute approximate surface area is 171 Å². The Kier molecular flexibility index (Phi) is 6.15. The summed E-state index contributed by atoms with van der Waals surface area (Å²) >= 11 is 0. The number of halogens is 1. The van der Waals surface area contributed by atoms with Crippen LogP contribution in [0.4, 0.5) is 11.4 Å². The molecular formula is C22H25ClN4O. The monoisotopic (exact) mass is 396 g/mol. The number of likely N-dealkylation sites (tertiary alicyclic amines) is 1. The first-order valence-corrected chi connectivity index (χ1v) is 9.57. The number of aryl methyl sites for hydroxylation is 2. The fourth-order valence-electron chi connectivity index (χ4n) is 3.53. The van der Waals surface area contributed by atoms with Crippen molar-refractivity contribution in [2.75, 3.05) is 18.4 Å². The van der Waals surface area contributed by atoms with Crippen LogP contribution in [0.1, 0.15) is 41.4 Å². The Morgan fingerprint density at radius 3 is 2.50 bits per heavy atom. The van der Waals surface area contributed by atoms with Gasteiger partial charge in [0.05, 0.1) is 11.3 Å². The van der Waals surface area contributed by atoms with Crippen molar-refractivity contribution < 1.29 is 4.79 Å². The minimum atomic E-state index is 0. The van der Waals surface area contributed by atoms with Gasteiger partial charge < -0.3 is 10.2 Å². The fourth-order valence-corrected chi connectivity index (χ4v) is 3.53. The van der Waals surface area contributed by atoms with Crippen LogP contribution in [0.15, 0.2) is 42.6 Å². The van der Waals surface area contributed by atoms with E-state index >= 15 is 0 Å². The molecule has 1 aliphatic heterocycles. The van der Waals surface area contributed by atoms with Crippen LogP contribution in [0.3, 0.4) is 0 Å². The van der Waals surface area contributed by atoms with Crippen molar-refractivity contribution in [1.29, 1.82) is 0 Å². The summed E-state index contributed by atoms with van der Waals surface area (Å²) in [4.78, 5) is 24.0. The van der Waals surface area contributed by atoms with Crippen LogP contribution in [0.5, 0.6) is 0 Å². The minimum absolute atomic E-state index is 0. The third-order valence-electron chi connectivity index (χ3n) is 5.12. The van der Waals surface area contributed by atoms with Crippen molar-refractivity contribution in [1.82, 2.24) is 14.9 Å². The first-order valence-electron chi connectivity index (χ1n) is 9.57. The van der Waals surface area contributed by atoms with Crippen LogP contribution < -0.4 is 5.32 Å². The van der Waals surface area contributed by atoms with E-state index in [0.29, 0.717) is 11.2 Å². The van der Waals surface area contributed by atoms with Crippen LogP contribution in [-0.4, -0.2) is 33.9 Å². The molecule has 0 atom stereocenters. The predicted octanol–water partition coefficient (Wildman–Crippen LogP) is 4.90.